The van der Waals surface area contributed by atoms with Gasteiger partial charge in [0.2, 0.25) is 0 Å². The molecule has 0 aliphatic heterocycles. The van der Waals surface area contributed by atoms with Crippen molar-refractivity contribution in [2.24, 2.45) is 0 Å². The summed E-state index contributed by atoms with van der Waals surface area (Å²) in [5.74, 6) is -0.932. The molecule has 4 N–H and O–H groups in total. The number of carbonyl (C=O) groups is 1. The third-order valence-electron chi connectivity index (χ3n) is 4.53. The fourth-order valence-electron chi connectivity index (χ4n) is 2.98. The van der Waals surface area contributed by atoms with E-state index in [2.05, 4.69) is 10.6 Å². The van der Waals surface area contributed by atoms with E-state index < -0.39 is 12.1 Å². The fraction of sp³-hybridized carbons (Fsp3) is 0.174. The van der Waals surface area contributed by atoms with Gasteiger partial charge in [0.05, 0.1) is 11.7 Å². The van der Waals surface area contributed by atoms with E-state index in [1.54, 1.807) is 30.3 Å². The Labute approximate surface area is 175 Å². The quantitative estimate of drug-likeness (QED) is 0.392. The highest BCUT2D eigenvalue weighted by atomic mass is 35.5. The molecule has 6 heteroatoms. The Bertz CT molecular complexity index is 960. The Balaban J connectivity index is 1.45. The van der Waals surface area contributed by atoms with Crippen LogP contribution in [0.4, 0.5) is 5.69 Å². The standard InChI is InChI=1S/C23H23ClN2O3/c24-20-6-2-4-18(14-20)22(27)15-25-11-12-26-21-9-7-16(8-10-21)17-3-1-5-19(13-17)23(28)29/h1-10,13-14,22,25-27H,11-12,15H2,(H,28,29)/t22-/m1/s1. The highest BCUT2D eigenvalue weighted by Gasteiger charge is 2.07. The van der Waals surface area contributed by atoms with Crippen LogP contribution in [0.25, 0.3) is 11.1 Å². The highest BCUT2D eigenvalue weighted by Crippen LogP contribution is 2.22. The number of hydrogen-bond acceptors (Lipinski definition) is 4. The molecule has 0 saturated heterocycles. The second-order valence-corrected chi connectivity index (χ2v) is 7.10. The van der Waals surface area contributed by atoms with Gasteiger partial charge in [-0.15, -0.1) is 0 Å². The first kappa shape index (κ1) is 20.9. The van der Waals surface area contributed by atoms with Gasteiger partial charge in [-0.05, 0) is 53.1 Å². The van der Waals surface area contributed by atoms with Gasteiger partial charge in [-0.3, -0.25) is 0 Å². The zero-order chi connectivity index (χ0) is 20.6. The molecule has 29 heavy (non-hydrogen) atoms. The molecule has 150 valence electrons. The largest absolute Gasteiger partial charge is 0.478 e. The van der Waals surface area contributed by atoms with Gasteiger partial charge in [0.15, 0.2) is 0 Å². The van der Waals surface area contributed by atoms with Gasteiger partial charge in [0, 0.05) is 30.3 Å². The molecule has 0 aromatic heterocycles. The van der Waals surface area contributed by atoms with Crippen LogP contribution in [-0.4, -0.2) is 35.8 Å². The second kappa shape index (κ2) is 10.1. The first-order valence-corrected chi connectivity index (χ1v) is 9.72. The van der Waals surface area contributed by atoms with Crippen molar-refractivity contribution in [1.29, 1.82) is 0 Å². The Kier molecular flexibility index (Phi) is 7.25. The van der Waals surface area contributed by atoms with Crippen LogP contribution in [0, 0.1) is 0 Å². The zero-order valence-electron chi connectivity index (χ0n) is 15.8. The maximum Gasteiger partial charge on any atom is 0.335 e. The van der Waals surface area contributed by atoms with Crippen molar-refractivity contribution in [3.05, 3.63) is 88.9 Å². The third-order valence-corrected chi connectivity index (χ3v) is 4.76. The van der Waals surface area contributed by atoms with E-state index >= 15 is 0 Å². The van der Waals surface area contributed by atoms with Gasteiger partial charge < -0.3 is 20.8 Å². The van der Waals surface area contributed by atoms with Crippen LogP contribution in [-0.2, 0) is 0 Å². The van der Waals surface area contributed by atoms with E-state index in [4.69, 9.17) is 16.7 Å². The minimum absolute atomic E-state index is 0.274. The number of halogens is 1. The maximum absolute atomic E-state index is 11.1. The molecule has 0 bridgehead atoms. The van der Waals surface area contributed by atoms with Crippen molar-refractivity contribution in [3.63, 3.8) is 0 Å². The zero-order valence-corrected chi connectivity index (χ0v) is 16.6. The molecule has 0 aliphatic carbocycles. The van der Waals surface area contributed by atoms with Gasteiger partial charge in [-0.2, -0.15) is 0 Å². The van der Waals surface area contributed by atoms with Gasteiger partial charge in [-0.1, -0.05) is 48.0 Å². The minimum Gasteiger partial charge on any atom is -0.478 e. The van der Waals surface area contributed by atoms with Gasteiger partial charge in [0.1, 0.15) is 0 Å². The summed E-state index contributed by atoms with van der Waals surface area (Å²) in [5, 5.41) is 26.4. The summed E-state index contributed by atoms with van der Waals surface area (Å²) in [7, 11) is 0. The van der Waals surface area contributed by atoms with Crippen molar-refractivity contribution in [1.82, 2.24) is 5.32 Å². The summed E-state index contributed by atoms with van der Waals surface area (Å²) in [6, 6.07) is 21.9. The SMILES string of the molecule is O=C(O)c1cccc(-c2ccc(NCCNC[C@@H](O)c3cccc(Cl)c3)cc2)c1. The molecular formula is C23H23ClN2O3. The van der Waals surface area contributed by atoms with E-state index in [1.165, 1.54) is 0 Å². The van der Waals surface area contributed by atoms with Crippen molar-refractivity contribution in [3.8, 4) is 11.1 Å². The van der Waals surface area contributed by atoms with E-state index in [-0.39, 0.29) is 5.56 Å². The first-order valence-electron chi connectivity index (χ1n) is 9.35. The molecule has 0 saturated carbocycles. The lowest BCUT2D eigenvalue weighted by Crippen LogP contribution is -2.26. The Hall–Kier alpha value is -2.86. The summed E-state index contributed by atoms with van der Waals surface area (Å²) in [5.41, 5.74) is 3.87. The molecule has 0 radical (unpaired) electrons. The van der Waals surface area contributed by atoms with Crippen molar-refractivity contribution in [2.75, 3.05) is 25.0 Å². The number of benzene rings is 3. The number of nitrogens with one attached hydrogen (secondary N) is 2. The predicted octanol–water partition coefficient (Wildman–Crippen LogP) is 4.44. The molecular weight excluding hydrogens is 388 g/mol. The fourth-order valence-corrected chi connectivity index (χ4v) is 3.18. The van der Waals surface area contributed by atoms with Crippen molar-refractivity contribution >= 4 is 23.3 Å². The molecule has 0 heterocycles. The summed E-state index contributed by atoms with van der Waals surface area (Å²) in [6.45, 7) is 1.84. The maximum atomic E-state index is 11.1. The highest BCUT2D eigenvalue weighted by molar-refractivity contribution is 6.30. The number of aromatic carboxylic acids is 1. The van der Waals surface area contributed by atoms with Crippen molar-refractivity contribution < 1.29 is 15.0 Å². The molecule has 0 aliphatic rings. The summed E-state index contributed by atoms with van der Waals surface area (Å²) < 4.78 is 0. The summed E-state index contributed by atoms with van der Waals surface area (Å²) in [4.78, 5) is 11.1. The van der Waals surface area contributed by atoms with E-state index in [0.717, 1.165) is 22.4 Å². The van der Waals surface area contributed by atoms with Crippen LogP contribution in [0.15, 0.2) is 72.8 Å². The predicted molar refractivity (Wildman–Crippen MR) is 117 cm³/mol. The second-order valence-electron chi connectivity index (χ2n) is 6.67. The van der Waals surface area contributed by atoms with Crippen molar-refractivity contribution in [2.45, 2.75) is 6.10 Å². The van der Waals surface area contributed by atoms with Crippen LogP contribution < -0.4 is 10.6 Å². The number of anilines is 1. The molecule has 0 unspecified atom stereocenters. The number of carboxylic acids is 1. The molecule has 0 amide bonds. The molecule has 3 aromatic carbocycles. The molecule has 0 spiro atoms. The average Bonchev–Trinajstić information content (AvgIpc) is 2.74. The smallest absolute Gasteiger partial charge is 0.335 e. The molecule has 3 aromatic rings. The van der Waals surface area contributed by atoms with Crippen LogP contribution in [0.1, 0.15) is 22.0 Å². The number of aliphatic hydroxyl groups is 1. The topological polar surface area (TPSA) is 81.6 Å². The van der Waals surface area contributed by atoms with E-state index in [1.807, 2.05) is 42.5 Å². The number of hydrogen-bond donors (Lipinski definition) is 4. The minimum atomic E-state index is -0.932. The molecule has 1 atom stereocenters. The van der Waals surface area contributed by atoms with E-state index in [9.17, 15) is 9.90 Å². The lowest BCUT2D eigenvalue weighted by atomic mass is 10.0. The molecule has 0 fully saturated rings. The van der Waals surface area contributed by atoms with Crippen LogP contribution in [0.2, 0.25) is 5.02 Å². The first-order chi connectivity index (χ1) is 14.0. The van der Waals surface area contributed by atoms with Gasteiger partial charge in [0.25, 0.3) is 0 Å². The average molecular weight is 411 g/mol. The summed E-state index contributed by atoms with van der Waals surface area (Å²) >= 11 is 5.94. The van der Waals surface area contributed by atoms with Gasteiger partial charge in [-0.25, -0.2) is 4.79 Å². The normalized spacial score (nSPS) is 11.8. The van der Waals surface area contributed by atoms with Crippen LogP contribution >= 0.6 is 11.6 Å². The lowest BCUT2D eigenvalue weighted by molar-refractivity contribution is 0.0697. The van der Waals surface area contributed by atoms with E-state index in [0.29, 0.717) is 24.7 Å². The third kappa shape index (κ3) is 6.06. The number of carboxylic acid groups (broad SMARTS) is 1. The monoisotopic (exact) mass is 410 g/mol. The number of rotatable bonds is 9. The lowest BCUT2D eigenvalue weighted by Gasteiger charge is -2.13. The van der Waals surface area contributed by atoms with Crippen LogP contribution in [0.5, 0.6) is 0 Å². The Morgan fingerprint density at radius 1 is 0.931 bits per heavy atom. The van der Waals surface area contributed by atoms with Gasteiger partial charge >= 0.3 is 5.97 Å². The molecule has 5 nitrogen and oxygen atoms in total. The molecule has 3 rings (SSSR count). The Morgan fingerprint density at radius 3 is 2.41 bits per heavy atom. The van der Waals surface area contributed by atoms with Crippen LogP contribution in [0.3, 0.4) is 0 Å². The number of aliphatic hydroxyl groups excluding tert-OH is 1. The summed E-state index contributed by atoms with van der Waals surface area (Å²) in [6.07, 6.45) is -0.602. The Morgan fingerprint density at radius 2 is 1.69 bits per heavy atom.